The number of imide groups is 1. The normalized spacial score (nSPS) is 18.0. The minimum absolute atomic E-state index is 0.0395. The highest BCUT2D eigenvalue weighted by Gasteiger charge is 2.41. The molecule has 1 aromatic carbocycles. The zero-order chi connectivity index (χ0) is 37.0. The third-order valence-electron chi connectivity index (χ3n) is 9.65. The molecular formula is C37H45N7O8S. The minimum Gasteiger partial charge on any atom is -0.377 e. The summed E-state index contributed by atoms with van der Waals surface area (Å²) < 4.78 is 16.7. The number of hydrogen-bond acceptors (Lipinski definition) is 12. The number of rotatable bonds is 18. The maximum absolute atomic E-state index is 13.5. The molecule has 1 saturated heterocycles. The first-order valence-corrected chi connectivity index (χ1v) is 18.9. The Bertz CT molecular complexity index is 1770. The van der Waals surface area contributed by atoms with Gasteiger partial charge in [-0.15, -0.1) is 11.3 Å². The van der Waals surface area contributed by atoms with Crippen LogP contribution in [0.2, 0.25) is 0 Å². The number of amides is 5. The number of anilines is 3. The third-order valence-corrected chi connectivity index (χ3v) is 10.3. The summed E-state index contributed by atoms with van der Waals surface area (Å²) in [6.45, 7) is 1.83. The molecule has 6 rings (SSSR count). The number of thiazole rings is 1. The molecule has 1 saturated carbocycles. The van der Waals surface area contributed by atoms with E-state index in [4.69, 9.17) is 19.2 Å². The van der Waals surface area contributed by atoms with Gasteiger partial charge in [0.25, 0.3) is 5.91 Å². The van der Waals surface area contributed by atoms with Crippen LogP contribution >= 0.6 is 11.3 Å². The van der Waals surface area contributed by atoms with E-state index in [0.717, 1.165) is 42.9 Å². The standard InChI is InChI=1S/C37H45N7O8S/c45-31-11-10-29(33(47)43-31)44-23-27-26(34(44)48)7-5-8-28(27)41-32(46)24-52-20-19-51-18-17-50-16-14-38-35(49)37(12-2-1-3-13-37)22-25-6-4-9-30(40-25)42-36-39-15-21-53-36/h4-9,15,21,29H,1-3,10-14,16-20,22-24H2,(H,38,49)(H,41,46)(H,39,40,42)(H,43,45,47). The number of fused-ring (bicyclic) bond motifs is 1. The van der Waals surface area contributed by atoms with Gasteiger partial charge in [-0.3, -0.25) is 29.3 Å². The van der Waals surface area contributed by atoms with Gasteiger partial charge in [0.1, 0.15) is 18.5 Å². The minimum atomic E-state index is -0.735. The highest BCUT2D eigenvalue weighted by Crippen LogP contribution is 2.39. The van der Waals surface area contributed by atoms with E-state index in [0.29, 0.717) is 55.4 Å². The summed E-state index contributed by atoms with van der Waals surface area (Å²) in [5.41, 5.74) is 1.88. The monoisotopic (exact) mass is 747 g/mol. The van der Waals surface area contributed by atoms with E-state index in [1.807, 2.05) is 23.6 Å². The van der Waals surface area contributed by atoms with Crippen LogP contribution in [0.15, 0.2) is 48.0 Å². The van der Waals surface area contributed by atoms with Crippen molar-refractivity contribution in [1.29, 1.82) is 0 Å². The molecule has 16 heteroatoms. The number of nitrogens with zero attached hydrogens (tertiary/aromatic N) is 3. The molecule has 0 bridgehead atoms. The first-order chi connectivity index (χ1) is 25.8. The molecule has 4 heterocycles. The molecule has 4 N–H and O–H groups in total. The van der Waals surface area contributed by atoms with Gasteiger partial charge < -0.3 is 35.1 Å². The van der Waals surface area contributed by atoms with Gasteiger partial charge in [0.2, 0.25) is 23.6 Å². The number of benzene rings is 1. The fourth-order valence-corrected chi connectivity index (χ4v) is 7.56. The second kappa shape index (κ2) is 18.3. The smallest absolute Gasteiger partial charge is 0.255 e. The van der Waals surface area contributed by atoms with Crippen LogP contribution in [0.25, 0.3) is 0 Å². The van der Waals surface area contributed by atoms with E-state index in [9.17, 15) is 24.0 Å². The molecule has 282 valence electrons. The number of carbonyl (C=O) groups excluding carboxylic acids is 5. The first-order valence-electron chi connectivity index (χ1n) is 18.0. The van der Waals surface area contributed by atoms with Crippen molar-refractivity contribution < 1.29 is 38.2 Å². The Labute approximate surface area is 311 Å². The van der Waals surface area contributed by atoms with Crippen LogP contribution in [0.3, 0.4) is 0 Å². The van der Waals surface area contributed by atoms with Crippen molar-refractivity contribution in [3.63, 3.8) is 0 Å². The first kappa shape index (κ1) is 38.0. The second-order valence-corrected chi connectivity index (χ2v) is 14.2. The summed E-state index contributed by atoms with van der Waals surface area (Å²) in [6, 6.07) is 10.1. The van der Waals surface area contributed by atoms with Gasteiger partial charge in [0, 0.05) is 60.0 Å². The Balaban J connectivity index is 0.837. The zero-order valence-corrected chi connectivity index (χ0v) is 30.3. The molecule has 1 atom stereocenters. The summed E-state index contributed by atoms with van der Waals surface area (Å²) in [6.07, 6.45) is 7.53. The van der Waals surface area contributed by atoms with Gasteiger partial charge in [-0.2, -0.15) is 0 Å². The number of piperidine rings is 1. The van der Waals surface area contributed by atoms with Crippen LogP contribution in [-0.4, -0.2) is 96.6 Å². The lowest BCUT2D eigenvalue weighted by atomic mass is 9.70. The van der Waals surface area contributed by atoms with Crippen molar-refractivity contribution in [3.8, 4) is 0 Å². The lowest BCUT2D eigenvalue weighted by Crippen LogP contribution is -2.52. The quantitative estimate of drug-likeness (QED) is 0.110. The van der Waals surface area contributed by atoms with Gasteiger partial charge in [0.05, 0.1) is 38.4 Å². The van der Waals surface area contributed by atoms with Gasteiger partial charge in [-0.25, -0.2) is 9.97 Å². The average Bonchev–Trinajstić information content (AvgIpc) is 3.79. The Kier molecular flexibility index (Phi) is 13.1. The molecule has 2 aromatic heterocycles. The number of pyridine rings is 1. The number of nitrogens with one attached hydrogen (secondary N) is 4. The van der Waals surface area contributed by atoms with Crippen LogP contribution in [0.5, 0.6) is 0 Å². The van der Waals surface area contributed by atoms with Crippen LogP contribution < -0.4 is 21.3 Å². The van der Waals surface area contributed by atoms with E-state index in [2.05, 4.69) is 26.3 Å². The third kappa shape index (κ3) is 10.0. The Morgan fingerprint density at radius 1 is 0.962 bits per heavy atom. The number of hydrogen-bond donors (Lipinski definition) is 4. The lowest BCUT2D eigenvalue weighted by molar-refractivity contribution is -0.137. The molecule has 5 amide bonds. The van der Waals surface area contributed by atoms with Crippen molar-refractivity contribution in [2.45, 2.75) is 64.0 Å². The van der Waals surface area contributed by atoms with Gasteiger partial charge in [-0.1, -0.05) is 31.4 Å². The second-order valence-electron chi connectivity index (χ2n) is 13.3. The van der Waals surface area contributed by atoms with E-state index in [-0.39, 0.29) is 62.8 Å². The SMILES string of the molecule is O=C1CCC(N2Cc3c(NC(=O)COCCOCCOCCNC(=O)C4(Cc5cccc(Nc6nccs6)n5)CCCCC4)cccc3C2=O)C(=O)N1. The van der Waals surface area contributed by atoms with Gasteiger partial charge >= 0.3 is 0 Å². The Morgan fingerprint density at radius 3 is 2.51 bits per heavy atom. The van der Waals surface area contributed by atoms with Crippen LogP contribution in [0, 0.1) is 5.41 Å². The highest BCUT2D eigenvalue weighted by molar-refractivity contribution is 7.13. The van der Waals surface area contributed by atoms with Crippen LogP contribution in [0.4, 0.5) is 16.6 Å². The van der Waals surface area contributed by atoms with Crippen LogP contribution in [-0.2, 0) is 46.4 Å². The predicted molar refractivity (Wildman–Crippen MR) is 195 cm³/mol. The molecule has 1 aliphatic carbocycles. The maximum atomic E-state index is 13.5. The van der Waals surface area contributed by atoms with Crippen LogP contribution in [0.1, 0.15) is 66.6 Å². The lowest BCUT2D eigenvalue weighted by Gasteiger charge is -2.35. The average molecular weight is 748 g/mol. The molecule has 3 aliphatic rings. The molecule has 2 fully saturated rings. The molecule has 0 spiro atoms. The fraction of sp³-hybridized carbons (Fsp3) is 0.486. The Morgan fingerprint density at radius 2 is 1.74 bits per heavy atom. The zero-order valence-electron chi connectivity index (χ0n) is 29.5. The van der Waals surface area contributed by atoms with Crippen molar-refractivity contribution in [3.05, 3.63) is 64.8 Å². The van der Waals surface area contributed by atoms with Gasteiger partial charge in [0.15, 0.2) is 5.13 Å². The topological polar surface area (TPSA) is 190 Å². The summed E-state index contributed by atoms with van der Waals surface area (Å²) >= 11 is 1.50. The summed E-state index contributed by atoms with van der Waals surface area (Å²) in [4.78, 5) is 73.4. The molecular weight excluding hydrogens is 703 g/mol. The molecule has 2 aliphatic heterocycles. The van der Waals surface area contributed by atoms with E-state index >= 15 is 0 Å². The van der Waals surface area contributed by atoms with Crippen molar-refractivity contribution >= 4 is 57.5 Å². The Hall–Kier alpha value is -4.77. The van der Waals surface area contributed by atoms with Gasteiger partial charge in [-0.05, 0) is 43.5 Å². The number of carbonyl (C=O) groups is 5. The largest absolute Gasteiger partial charge is 0.377 e. The highest BCUT2D eigenvalue weighted by atomic mass is 32.1. The number of aromatic nitrogens is 2. The maximum Gasteiger partial charge on any atom is 0.255 e. The van der Waals surface area contributed by atoms with E-state index in [1.54, 1.807) is 24.4 Å². The van der Waals surface area contributed by atoms with Crippen molar-refractivity contribution in [1.82, 2.24) is 25.5 Å². The van der Waals surface area contributed by atoms with E-state index in [1.165, 1.54) is 16.2 Å². The van der Waals surface area contributed by atoms with E-state index < -0.39 is 17.4 Å². The fourth-order valence-electron chi connectivity index (χ4n) is 7.02. The summed E-state index contributed by atoms with van der Waals surface area (Å²) in [5, 5.41) is 14.1. The summed E-state index contributed by atoms with van der Waals surface area (Å²) in [7, 11) is 0. The molecule has 0 radical (unpaired) electrons. The molecule has 1 unspecified atom stereocenters. The van der Waals surface area contributed by atoms with Crippen molar-refractivity contribution in [2.24, 2.45) is 5.41 Å². The molecule has 15 nitrogen and oxygen atoms in total. The predicted octanol–water partition coefficient (Wildman–Crippen LogP) is 3.34. The number of ether oxygens (including phenoxy) is 3. The van der Waals surface area contributed by atoms with Crippen molar-refractivity contribution in [2.75, 3.05) is 56.8 Å². The molecule has 53 heavy (non-hydrogen) atoms. The molecule has 3 aromatic rings. The summed E-state index contributed by atoms with van der Waals surface area (Å²) in [5.74, 6) is -0.790.